The SMILES string of the molecule is CCOC(=O)c1ccccc1.c1ccc2c(c1)Sc1ccccc1S2. The number of hydrogen-bond acceptors (Lipinski definition) is 4. The highest BCUT2D eigenvalue weighted by molar-refractivity contribution is 8.05. The number of rotatable bonds is 2. The molecule has 0 radical (unpaired) electrons. The molecular weight excluding hydrogens is 348 g/mol. The van der Waals surface area contributed by atoms with Gasteiger partial charge in [0, 0.05) is 19.6 Å². The van der Waals surface area contributed by atoms with Crippen LogP contribution in [0.3, 0.4) is 0 Å². The zero-order chi connectivity index (χ0) is 17.5. The third-order valence-corrected chi connectivity index (χ3v) is 5.99. The first kappa shape index (κ1) is 17.6. The summed E-state index contributed by atoms with van der Waals surface area (Å²) in [4.78, 5) is 16.5. The fourth-order valence-electron chi connectivity index (χ4n) is 2.26. The van der Waals surface area contributed by atoms with E-state index in [1.165, 1.54) is 19.6 Å². The second-order valence-electron chi connectivity index (χ2n) is 5.18. The third-order valence-electron chi connectivity index (χ3n) is 3.42. The van der Waals surface area contributed by atoms with Crippen molar-refractivity contribution in [3.05, 3.63) is 84.4 Å². The highest BCUT2D eigenvalue weighted by atomic mass is 32.2. The molecular formula is C21H18O2S2. The summed E-state index contributed by atoms with van der Waals surface area (Å²) in [6.07, 6.45) is 0. The van der Waals surface area contributed by atoms with Crippen molar-refractivity contribution in [2.45, 2.75) is 26.5 Å². The van der Waals surface area contributed by atoms with Crippen LogP contribution in [0.5, 0.6) is 0 Å². The van der Waals surface area contributed by atoms with Crippen LogP contribution in [0.4, 0.5) is 0 Å². The number of benzene rings is 3. The minimum absolute atomic E-state index is 0.256. The van der Waals surface area contributed by atoms with Gasteiger partial charge in [-0.2, -0.15) is 0 Å². The molecule has 0 saturated heterocycles. The summed E-state index contributed by atoms with van der Waals surface area (Å²) >= 11 is 3.72. The Balaban J connectivity index is 0.000000151. The monoisotopic (exact) mass is 366 g/mol. The van der Waals surface area contributed by atoms with E-state index in [1.807, 2.05) is 41.7 Å². The van der Waals surface area contributed by atoms with Crippen molar-refractivity contribution in [2.24, 2.45) is 0 Å². The zero-order valence-electron chi connectivity index (χ0n) is 13.8. The molecule has 1 heterocycles. The lowest BCUT2D eigenvalue weighted by Gasteiger charge is -2.17. The van der Waals surface area contributed by atoms with Crippen LogP contribution in [0, 0.1) is 0 Å². The average Bonchev–Trinajstić information content (AvgIpc) is 2.68. The maximum Gasteiger partial charge on any atom is 0.338 e. The number of esters is 1. The largest absolute Gasteiger partial charge is 0.462 e. The molecule has 0 N–H and O–H groups in total. The van der Waals surface area contributed by atoms with E-state index in [0.29, 0.717) is 12.2 Å². The minimum atomic E-state index is -0.256. The molecule has 0 aliphatic carbocycles. The van der Waals surface area contributed by atoms with E-state index >= 15 is 0 Å². The Morgan fingerprint density at radius 1 is 0.720 bits per heavy atom. The third kappa shape index (κ3) is 4.68. The van der Waals surface area contributed by atoms with Crippen LogP contribution in [0.2, 0.25) is 0 Å². The Morgan fingerprint density at radius 2 is 1.12 bits per heavy atom. The van der Waals surface area contributed by atoms with Crippen molar-refractivity contribution in [3.8, 4) is 0 Å². The standard InChI is InChI=1S/C12H8S2.C9H10O2/c1-2-6-10-9(5-1)13-11-7-3-4-8-12(11)14-10;1-2-11-9(10)8-6-4-3-5-7-8/h1-8H;3-7H,2H2,1H3. The topological polar surface area (TPSA) is 26.3 Å². The Labute approximate surface area is 156 Å². The van der Waals surface area contributed by atoms with Gasteiger partial charge in [-0.25, -0.2) is 4.79 Å². The molecule has 0 bridgehead atoms. The Bertz CT molecular complexity index is 760. The minimum Gasteiger partial charge on any atom is -0.462 e. The molecule has 0 saturated carbocycles. The second kappa shape index (κ2) is 8.79. The second-order valence-corrected chi connectivity index (χ2v) is 7.35. The van der Waals surface area contributed by atoms with Crippen molar-refractivity contribution >= 4 is 29.5 Å². The van der Waals surface area contributed by atoms with E-state index in [-0.39, 0.29) is 5.97 Å². The van der Waals surface area contributed by atoms with Crippen LogP contribution in [0.15, 0.2) is 98.4 Å². The van der Waals surface area contributed by atoms with Gasteiger partial charge in [0.05, 0.1) is 12.2 Å². The number of ether oxygens (including phenoxy) is 1. The van der Waals surface area contributed by atoms with Crippen molar-refractivity contribution in [3.63, 3.8) is 0 Å². The van der Waals surface area contributed by atoms with Crippen LogP contribution in [-0.2, 0) is 4.74 Å². The fraction of sp³-hybridized carbons (Fsp3) is 0.0952. The molecule has 0 unspecified atom stereocenters. The molecule has 0 aromatic heterocycles. The van der Waals surface area contributed by atoms with Gasteiger partial charge in [0.2, 0.25) is 0 Å². The lowest BCUT2D eigenvalue weighted by molar-refractivity contribution is 0.0526. The smallest absolute Gasteiger partial charge is 0.338 e. The van der Waals surface area contributed by atoms with E-state index in [0.717, 1.165) is 0 Å². The van der Waals surface area contributed by atoms with Crippen LogP contribution >= 0.6 is 23.5 Å². The van der Waals surface area contributed by atoms with Crippen LogP contribution in [0.1, 0.15) is 17.3 Å². The van der Waals surface area contributed by atoms with Gasteiger partial charge in [-0.15, -0.1) is 0 Å². The number of hydrogen-bond donors (Lipinski definition) is 0. The van der Waals surface area contributed by atoms with E-state index in [9.17, 15) is 4.79 Å². The van der Waals surface area contributed by atoms with Crippen molar-refractivity contribution < 1.29 is 9.53 Å². The molecule has 3 aromatic rings. The lowest BCUT2D eigenvalue weighted by Crippen LogP contribution is -2.03. The molecule has 1 aliphatic heterocycles. The number of fused-ring (bicyclic) bond motifs is 2. The van der Waals surface area contributed by atoms with Crippen molar-refractivity contribution in [1.29, 1.82) is 0 Å². The first-order valence-electron chi connectivity index (χ1n) is 8.04. The quantitative estimate of drug-likeness (QED) is 0.397. The van der Waals surface area contributed by atoms with Gasteiger partial charge in [0.1, 0.15) is 0 Å². The first-order valence-corrected chi connectivity index (χ1v) is 9.67. The Hall–Kier alpha value is -2.17. The van der Waals surface area contributed by atoms with Gasteiger partial charge in [-0.3, -0.25) is 0 Å². The molecule has 0 fully saturated rings. The van der Waals surface area contributed by atoms with Crippen molar-refractivity contribution in [2.75, 3.05) is 6.61 Å². The van der Waals surface area contributed by atoms with Gasteiger partial charge >= 0.3 is 5.97 Å². The maximum absolute atomic E-state index is 11.0. The summed E-state index contributed by atoms with van der Waals surface area (Å²) in [5.74, 6) is -0.256. The zero-order valence-corrected chi connectivity index (χ0v) is 15.5. The molecule has 0 spiro atoms. The summed E-state index contributed by atoms with van der Waals surface area (Å²) in [5.41, 5.74) is 0.606. The predicted octanol–water partition coefficient (Wildman–Crippen LogP) is 6.17. The molecule has 0 atom stereocenters. The number of carbonyl (C=O) groups is 1. The lowest BCUT2D eigenvalue weighted by atomic mass is 10.2. The average molecular weight is 367 g/mol. The van der Waals surface area contributed by atoms with Crippen LogP contribution in [0.25, 0.3) is 0 Å². The molecule has 1 aliphatic rings. The summed E-state index contributed by atoms with van der Waals surface area (Å²) in [5, 5.41) is 0. The number of carbonyl (C=O) groups excluding carboxylic acids is 1. The molecule has 126 valence electrons. The van der Waals surface area contributed by atoms with Gasteiger partial charge in [-0.05, 0) is 43.3 Å². The Kier molecular flexibility index (Phi) is 6.20. The van der Waals surface area contributed by atoms with Gasteiger partial charge in [0.15, 0.2) is 0 Å². The maximum atomic E-state index is 11.0. The molecule has 25 heavy (non-hydrogen) atoms. The molecule has 0 amide bonds. The highest BCUT2D eigenvalue weighted by Crippen LogP contribution is 2.47. The molecule has 4 heteroatoms. The normalized spacial score (nSPS) is 11.4. The summed E-state index contributed by atoms with van der Waals surface area (Å²) < 4.78 is 4.79. The summed E-state index contributed by atoms with van der Waals surface area (Å²) in [6.45, 7) is 2.22. The van der Waals surface area contributed by atoms with Gasteiger partial charge in [-0.1, -0.05) is 66.0 Å². The van der Waals surface area contributed by atoms with Crippen LogP contribution in [-0.4, -0.2) is 12.6 Å². The fourth-order valence-corrected chi connectivity index (χ4v) is 4.50. The molecule has 3 aromatic carbocycles. The van der Waals surface area contributed by atoms with E-state index < -0.39 is 0 Å². The van der Waals surface area contributed by atoms with E-state index in [2.05, 4.69) is 48.5 Å². The van der Waals surface area contributed by atoms with Gasteiger partial charge in [0.25, 0.3) is 0 Å². The highest BCUT2D eigenvalue weighted by Gasteiger charge is 2.14. The van der Waals surface area contributed by atoms with E-state index in [4.69, 9.17) is 4.74 Å². The predicted molar refractivity (Wildman–Crippen MR) is 104 cm³/mol. The molecule has 2 nitrogen and oxygen atoms in total. The van der Waals surface area contributed by atoms with E-state index in [1.54, 1.807) is 19.1 Å². The van der Waals surface area contributed by atoms with Gasteiger partial charge < -0.3 is 4.74 Å². The summed E-state index contributed by atoms with van der Waals surface area (Å²) in [6, 6.07) is 26.1. The first-order chi connectivity index (χ1) is 12.3. The summed E-state index contributed by atoms with van der Waals surface area (Å²) in [7, 11) is 0. The van der Waals surface area contributed by atoms with Crippen molar-refractivity contribution in [1.82, 2.24) is 0 Å². The Morgan fingerprint density at radius 3 is 1.52 bits per heavy atom. The van der Waals surface area contributed by atoms with Crippen LogP contribution < -0.4 is 0 Å². The molecule has 4 rings (SSSR count).